The van der Waals surface area contributed by atoms with Gasteiger partial charge in [-0.15, -0.1) is 0 Å². The number of hydrogen-bond acceptors (Lipinski definition) is 2. The molecule has 3 heteroatoms. The number of hydrogen-bond donors (Lipinski definition) is 0. The predicted octanol–water partition coefficient (Wildman–Crippen LogP) is 4.10. The number of rotatable bonds is 6. The molecule has 2 aliphatic carbocycles. The molecule has 0 heterocycles. The Kier molecular flexibility index (Phi) is 4.32. The Morgan fingerprint density at radius 2 is 1.24 bits per heavy atom. The van der Waals surface area contributed by atoms with E-state index in [1.807, 2.05) is 14.2 Å². The van der Waals surface area contributed by atoms with Gasteiger partial charge in [-0.25, -0.2) is 0 Å². The van der Waals surface area contributed by atoms with E-state index in [9.17, 15) is 0 Å². The first-order chi connectivity index (χ1) is 8.23. The van der Waals surface area contributed by atoms with Gasteiger partial charge in [0.05, 0.1) is 0 Å². The molecule has 2 nitrogen and oxygen atoms in total. The minimum atomic E-state index is -1.94. The summed E-state index contributed by atoms with van der Waals surface area (Å²) in [6.07, 6.45) is 8.09. The van der Waals surface area contributed by atoms with Crippen LogP contribution in [0.25, 0.3) is 0 Å². The van der Waals surface area contributed by atoms with Crippen LogP contribution in [0.15, 0.2) is 0 Å². The molecule has 0 bridgehead atoms. The van der Waals surface area contributed by atoms with Gasteiger partial charge in [0.15, 0.2) is 0 Å². The first-order valence-corrected chi connectivity index (χ1v) is 9.30. The first-order valence-electron chi connectivity index (χ1n) is 7.33. The lowest BCUT2D eigenvalue weighted by molar-refractivity contribution is 0.125. The van der Waals surface area contributed by atoms with Gasteiger partial charge in [0.25, 0.3) is 0 Å². The summed E-state index contributed by atoms with van der Waals surface area (Å²) < 4.78 is 12.2. The van der Waals surface area contributed by atoms with Gasteiger partial charge in [-0.3, -0.25) is 0 Å². The standard InChI is InChI=1S/C14H28O2Si/c1-5-11-7-9-13(11)17(15-3,16-4)14-10-8-12(14)6-2/h11-14H,5-10H2,1-4H3. The molecule has 2 aliphatic rings. The highest BCUT2D eigenvalue weighted by Gasteiger charge is 2.60. The van der Waals surface area contributed by atoms with Gasteiger partial charge in [0.2, 0.25) is 0 Å². The molecule has 0 N–H and O–H groups in total. The molecule has 4 atom stereocenters. The SMILES string of the molecule is CCC1CCC1[Si](OC)(OC)C1CCC1CC. The molecule has 2 rings (SSSR count). The van der Waals surface area contributed by atoms with Crippen LogP contribution < -0.4 is 0 Å². The molecule has 0 spiro atoms. The second kappa shape index (κ2) is 5.41. The van der Waals surface area contributed by atoms with Crippen molar-refractivity contribution in [2.24, 2.45) is 11.8 Å². The lowest BCUT2D eigenvalue weighted by atomic mass is 9.81. The first kappa shape index (κ1) is 13.6. The average Bonchev–Trinajstić information content (AvgIpc) is 2.26. The van der Waals surface area contributed by atoms with E-state index in [4.69, 9.17) is 8.85 Å². The van der Waals surface area contributed by atoms with E-state index in [1.54, 1.807) is 0 Å². The Bertz CT molecular complexity index is 227. The van der Waals surface area contributed by atoms with Crippen LogP contribution in [0.2, 0.25) is 11.1 Å². The van der Waals surface area contributed by atoms with Gasteiger partial charge in [-0.1, -0.05) is 39.5 Å². The molecule has 0 saturated heterocycles. The normalized spacial score (nSPS) is 37.4. The molecule has 0 aromatic heterocycles. The second-order valence-corrected chi connectivity index (χ2v) is 9.58. The quantitative estimate of drug-likeness (QED) is 0.666. The summed E-state index contributed by atoms with van der Waals surface area (Å²) in [5.41, 5.74) is 1.53. The van der Waals surface area contributed by atoms with Crippen molar-refractivity contribution in [2.75, 3.05) is 14.2 Å². The molecule has 0 radical (unpaired) electrons. The zero-order valence-corrected chi connectivity index (χ0v) is 12.9. The maximum atomic E-state index is 6.08. The molecule has 2 saturated carbocycles. The molecule has 17 heavy (non-hydrogen) atoms. The molecule has 100 valence electrons. The average molecular weight is 256 g/mol. The molecular weight excluding hydrogens is 228 g/mol. The van der Waals surface area contributed by atoms with Crippen LogP contribution in [0.1, 0.15) is 52.4 Å². The van der Waals surface area contributed by atoms with Crippen molar-refractivity contribution < 1.29 is 8.85 Å². The van der Waals surface area contributed by atoms with Crippen LogP contribution in [0, 0.1) is 11.8 Å². The summed E-state index contributed by atoms with van der Waals surface area (Å²) in [4.78, 5) is 0. The van der Waals surface area contributed by atoms with Crippen molar-refractivity contribution in [1.29, 1.82) is 0 Å². The summed E-state index contributed by atoms with van der Waals surface area (Å²) in [5, 5.41) is 0. The zero-order valence-electron chi connectivity index (χ0n) is 11.9. The van der Waals surface area contributed by atoms with Crippen LogP contribution in [-0.4, -0.2) is 22.8 Å². The Morgan fingerprint density at radius 1 is 0.824 bits per heavy atom. The lowest BCUT2D eigenvalue weighted by Crippen LogP contribution is -2.58. The predicted molar refractivity (Wildman–Crippen MR) is 73.3 cm³/mol. The minimum absolute atomic E-state index is 0.766. The topological polar surface area (TPSA) is 18.5 Å². The highest BCUT2D eigenvalue weighted by Crippen LogP contribution is 2.59. The van der Waals surface area contributed by atoms with E-state index in [1.165, 1.54) is 38.5 Å². The molecule has 4 unspecified atom stereocenters. The molecule has 0 aromatic carbocycles. The Morgan fingerprint density at radius 3 is 1.41 bits per heavy atom. The van der Waals surface area contributed by atoms with E-state index in [-0.39, 0.29) is 0 Å². The van der Waals surface area contributed by atoms with Crippen molar-refractivity contribution >= 4 is 8.56 Å². The van der Waals surface area contributed by atoms with Gasteiger partial charge in [0.1, 0.15) is 0 Å². The minimum Gasteiger partial charge on any atom is -0.397 e. The van der Waals surface area contributed by atoms with Crippen molar-refractivity contribution in [3.8, 4) is 0 Å². The van der Waals surface area contributed by atoms with Crippen LogP contribution in [0.3, 0.4) is 0 Å². The Balaban J connectivity index is 2.14. The largest absolute Gasteiger partial charge is 0.397 e. The fraction of sp³-hybridized carbons (Fsp3) is 1.00. The lowest BCUT2D eigenvalue weighted by Gasteiger charge is -2.54. The molecule has 2 fully saturated rings. The fourth-order valence-electron chi connectivity index (χ4n) is 4.14. The van der Waals surface area contributed by atoms with Crippen molar-refractivity contribution in [1.82, 2.24) is 0 Å². The van der Waals surface area contributed by atoms with Gasteiger partial charge in [-0.05, 0) is 24.7 Å². The maximum absolute atomic E-state index is 6.08. The van der Waals surface area contributed by atoms with Crippen LogP contribution in [0.4, 0.5) is 0 Å². The summed E-state index contributed by atoms with van der Waals surface area (Å²) in [6.45, 7) is 4.64. The van der Waals surface area contributed by atoms with Crippen LogP contribution in [0.5, 0.6) is 0 Å². The van der Waals surface area contributed by atoms with Gasteiger partial charge in [0, 0.05) is 25.3 Å². The van der Waals surface area contributed by atoms with E-state index in [0.717, 1.165) is 22.9 Å². The van der Waals surface area contributed by atoms with E-state index < -0.39 is 8.56 Å². The van der Waals surface area contributed by atoms with Gasteiger partial charge in [-0.2, -0.15) is 0 Å². The molecule has 0 aromatic rings. The third-order valence-corrected chi connectivity index (χ3v) is 10.4. The van der Waals surface area contributed by atoms with Crippen LogP contribution >= 0.6 is 0 Å². The zero-order chi connectivity index (χ0) is 12.5. The molecular formula is C14H28O2Si. The maximum Gasteiger partial charge on any atom is 0.344 e. The third kappa shape index (κ3) is 2.00. The van der Waals surface area contributed by atoms with Crippen molar-refractivity contribution in [2.45, 2.75) is 63.5 Å². The Labute approximate surface area is 107 Å². The summed E-state index contributed by atoms with van der Waals surface area (Å²) in [5.74, 6) is 1.75. The summed E-state index contributed by atoms with van der Waals surface area (Å²) in [7, 11) is 1.87. The highest BCUT2D eigenvalue weighted by molar-refractivity contribution is 6.71. The molecule has 0 amide bonds. The smallest absolute Gasteiger partial charge is 0.344 e. The third-order valence-electron chi connectivity index (χ3n) is 5.56. The monoisotopic (exact) mass is 256 g/mol. The van der Waals surface area contributed by atoms with E-state index in [2.05, 4.69) is 13.8 Å². The van der Waals surface area contributed by atoms with Crippen molar-refractivity contribution in [3.63, 3.8) is 0 Å². The highest BCUT2D eigenvalue weighted by atomic mass is 28.4. The van der Waals surface area contributed by atoms with E-state index in [0.29, 0.717) is 0 Å². The summed E-state index contributed by atoms with van der Waals surface area (Å²) in [6, 6.07) is 0. The van der Waals surface area contributed by atoms with Crippen LogP contribution in [-0.2, 0) is 8.85 Å². The molecule has 0 aliphatic heterocycles. The Hall–Kier alpha value is 0.137. The fourth-order valence-corrected chi connectivity index (χ4v) is 9.32. The van der Waals surface area contributed by atoms with Gasteiger partial charge < -0.3 is 8.85 Å². The van der Waals surface area contributed by atoms with E-state index >= 15 is 0 Å². The second-order valence-electron chi connectivity index (χ2n) is 5.83. The van der Waals surface area contributed by atoms with Gasteiger partial charge >= 0.3 is 8.56 Å². The summed E-state index contributed by atoms with van der Waals surface area (Å²) >= 11 is 0. The van der Waals surface area contributed by atoms with Crippen molar-refractivity contribution in [3.05, 3.63) is 0 Å².